The molecular weight excluding hydrogens is 238 g/mol. The molecule has 0 amide bonds. The molecule has 0 aliphatic carbocycles. The Labute approximate surface area is 115 Å². The summed E-state index contributed by atoms with van der Waals surface area (Å²) in [5, 5.41) is 3.39. The van der Waals surface area contributed by atoms with Gasteiger partial charge in [-0.1, -0.05) is 19.8 Å². The second-order valence-corrected chi connectivity index (χ2v) is 5.29. The van der Waals surface area contributed by atoms with Crippen LogP contribution in [0.1, 0.15) is 38.4 Å². The van der Waals surface area contributed by atoms with E-state index in [-0.39, 0.29) is 6.04 Å². The van der Waals surface area contributed by atoms with E-state index < -0.39 is 0 Å². The molecular formula is C14H25N5. The van der Waals surface area contributed by atoms with Crippen molar-refractivity contribution in [1.82, 2.24) is 9.97 Å². The molecule has 106 valence electrons. The van der Waals surface area contributed by atoms with E-state index in [2.05, 4.69) is 27.1 Å². The number of aromatic nitrogens is 2. The zero-order valence-corrected chi connectivity index (χ0v) is 12.0. The normalized spacial score (nSPS) is 18.9. The number of nitrogens with one attached hydrogen (secondary N) is 1. The van der Waals surface area contributed by atoms with E-state index in [4.69, 9.17) is 5.73 Å². The van der Waals surface area contributed by atoms with E-state index in [0.29, 0.717) is 0 Å². The van der Waals surface area contributed by atoms with Gasteiger partial charge in [-0.15, -0.1) is 0 Å². The fraction of sp³-hybridized carbons (Fsp3) is 0.714. The molecule has 0 bridgehead atoms. The van der Waals surface area contributed by atoms with Crippen molar-refractivity contribution in [3.05, 3.63) is 11.9 Å². The second-order valence-electron chi connectivity index (χ2n) is 5.29. The lowest BCUT2D eigenvalue weighted by molar-refractivity contribution is 0.741. The van der Waals surface area contributed by atoms with Crippen LogP contribution < -0.4 is 16.0 Å². The van der Waals surface area contributed by atoms with Gasteiger partial charge >= 0.3 is 0 Å². The highest BCUT2D eigenvalue weighted by Crippen LogP contribution is 2.20. The molecule has 1 aromatic heterocycles. The van der Waals surface area contributed by atoms with Gasteiger partial charge in [-0.05, 0) is 19.8 Å². The van der Waals surface area contributed by atoms with Crippen molar-refractivity contribution < 1.29 is 0 Å². The summed E-state index contributed by atoms with van der Waals surface area (Å²) in [6, 6.07) is 2.31. The predicted octanol–water partition coefficient (Wildman–Crippen LogP) is 1.92. The number of nitrogens with zero attached hydrogens (tertiary/aromatic N) is 3. The van der Waals surface area contributed by atoms with Gasteiger partial charge in [0.1, 0.15) is 17.5 Å². The van der Waals surface area contributed by atoms with Crippen LogP contribution in [0, 0.1) is 6.92 Å². The molecule has 1 atom stereocenters. The minimum Gasteiger partial charge on any atom is -0.370 e. The Morgan fingerprint density at radius 1 is 1.42 bits per heavy atom. The first-order valence-corrected chi connectivity index (χ1v) is 7.29. The quantitative estimate of drug-likeness (QED) is 0.768. The van der Waals surface area contributed by atoms with Gasteiger partial charge in [-0.2, -0.15) is 0 Å². The standard InChI is InChI=1S/C14H25N5/c1-3-4-5-7-16-13-9-14(18-11(2)17-13)19-8-6-12(15)10-19/h9,12H,3-8,10,15H2,1-2H3,(H,16,17,18). The van der Waals surface area contributed by atoms with Crippen molar-refractivity contribution in [1.29, 1.82) is 0 Å². The first kappa shape index (κ1) is 14.1. The summed E-state index contributed by atoms with van der Waals surface area (Å²) in [6.07, 6.45) is 4.72. The van der Waals surface area contributed by atoms with Gasteiger partial charge in [-0.3, -0.25) is 0 Å². The molecule has 0 aromatic carbocycles. The van der Waals surface area contributed by atoms with Crippen molar-refractivity contribution in [3.8, 4) is 0 Å². The Balaban J connectivity index is 1.98. The lowest BCUT2D eigenvalue weighted by Crippen LogP contribution is -2.27. The van der Waals surface area contributed by atoms with Gasteiger partial charge in [0.25, 0.3) is 0 Å². The Kier molecular flexibility index (Phi) is 4.96. The average molecular weight is 263 g/mol. The number of rotatable bonds is 6. The molecule has 2 rings (SSSR count). The molecule has 1 saturated heterocycles. The van der Waals surface area contributed by atoms with Gasteiger partial charge < -0.3 is 16.0 Å². The van der Waals surface area contributed by atoms with E-state index in [9.17, 15) is 0 Å². The number of unbranched alkanes of at least 4 members (excludes halogenated alkanes) is 2. The molecule has 0 radical (unpaired) electrons. The maximum atomic E-state index is 5.95. The Bertz CT molecular complexity index is 407. The van der Waals surface area contributed by atoms with Crippen LogP contribution in [0.15, 0.2) is 6.07 Å². The third-order valence-electron chi connectivity index (χ3n) is 3.46. The molecule has 5 heteroatoms. The van der Waals surface area contributed by atoms with Crippen LogP contribution in [-0.4, -0.2) is 35.6 Å². The predicted molar refractivity (Wildman–Crippen MR) is 79.6 cm³/mol. The van der Waals surface area contributed by atoms with Gasteiger partial charge in [0.2, 0.25) is 0 Å². The summed E-state index contributed by atoms with van der Waals surface area (Å²) >= 11 is 0. The molecule has 1 aliphatic rings. The minimum atomic E-state index is 0.274. The minimum absolute atomic E-state index is 0.274. The van der Waals surface area contributed by atoms with Crippen LogP contribution in [0.2, 0.25) is 0 Å². The van der Waals surface area contributed by atoms with Gasteiger partial charge in [0.05, 0.1) is 0 Å². The van der Waals surface area contributed by atoms with Crippen LogP contribution in [0.3, 0.4) is 0 Å². The van der Waals surface area contributed by atoms with Crippen LogP contribution in [0.25, 0.3) is 0 Å². The fourth-order valence-electron chi connectivity index (χ4n) is 2.39. The van der Waals surface area contributed by atoms with Crippen LogP contribution in [0.5, 0.6) is 0 Å². The zero-order valence-electron chi connectivity index (χ0n) is 12.0. The summed E-state index contributed by atoms with van der Waals surface area (Å²) < 4.78 is 0. The molecule has 3 N–H and O–H groups in total. The van der Waals surface area contributed by atoms with Crippen molar-refractivity contribution in [3.63, 3.8) is 0 Å². The third-order valence-corrected chi connectivity index (χ3v) is 3.46. The summed E-state index contributed by atoms with van der Waals surface area (Å²) in [5.74, 6) is 2.74. The number of nitrogens with two attached hydrogens (primary N) is 1. The number of aryl methyl sites for hydroxylation is 1. The molecule has 0 saturated carbocycles. The Hall–Kier alpha value is -1.36. The summed E-state index contributed by atoms with van der Waals surface area (Å²) in [7, 11) is 0. The maximum Gasteiger partial charge on any atom is 0.134 e. The van der Waals surface area contributed by atoms with E-state index >= 15 is 0 Å². The molecule has 1 fully saturated rings. The smallest absolute Gasteiger partial charge is 0.134 e. The number of hydrogen-bond donors (Lipinski definition) is 2. The van der Waals surface area contributed by atoms with Crippen molar-refractivity contribution >= 4 is 11.6 Å². The van der Waals surface area contributed by atoms with E-state index in [1.54, 1.807) is 0 Å². The highest BCUT2D eigenvalue weighted by molar-refractivity contribution is 5.50. The highest BCUT2D eigenvalue weighted by Gasteiger charge is 2.20. The van der Waals surface area contributed by atoms with Gasteiger partial charge in [-0.25, -0.2) is 9.97 Å². The lowest BCUT2D eigenvalue weighted by Gasteiger charge is -2.18. The first-order valence-electron chi connectivity index (χ1n) is 7.29. The van der Waals surface area contributed by atoms with E-state index in [0.717, 1.165) is 43.5 Å². The van der Waals surface area contributed by atoms with Gasteiger partial charge in [0.15, 0.2) is 0 Å². The maximum absolute atomic E-state index is 5.95. The van der Waals surface area contributed by atoms with Crippen molar-refractivity contribution in [2.75, 3.05) is 29.9 Å². The number of anilines is 2. The molecule has 1 unspecified atom stereocenters. The Morgan fingerprint density at radius 3 is 2.95 bits per heavy atom. The molecule has 19 heavy (non-hydrogen) atoms. The lowest BCUT2D eigenvalue weighted by atomic mass is 10.2. The molecule has 0 spiro atoms. The first-order chi connectivity index (χ1) is 9.19. The monoisotopic (exact) mass is 263 g/mol. The molecule has 2 heterocycles. The highest BCUT2D eigenvalue weighted by atomic mass is 15.2. The third kappa shape index (κ3) is 4.06. The van der Waals surface area contributed by atoms with Crippen LogP contribution in [-0.2, 0) is 0 Å². The largest absolute Gasteiger partial charge is 0.370 e. The number of hydrogen-bond acceptors (Lipinski definition) is 5. The SMILES string of the molecule is CCCCCNc1cc(N2CCC(N)C2)nc(C)n1. The fourth-order valence-corrected chi connectivity index (χ4v) is 2.39. The molecule has 1 aromatic rings. The Morgan fingerprint density at radius 2 is 2.26 bits per heavy atom. The van der Waals surface area contributed by atoms with E-state index in [1.165, 1.54) is 19.3 Å². The van der Waals surface area contributed by atoms with Crippen molar-refractivity contribution in [2.45, 2.75) is 45.6 Å². The molecule has 5 nitrogen and oxygen atoms in total. The molecule has 1 aliphatic heterocycles. The summed E-state index contributed by atoms with van der Waals surface area (Å²) in [6.45, 7) is 7.02. The zero-order chi connectivity index (χ0) is 13.7. The average Bonchev–Trinajstić information content (AvgIpc) is 2.81. The van der Waals surface area contributed by atoms with Crippen molar-refractivity contribution in [2.24, 2.45) is 5.73 Å². The topological polar surface area (TPSA) is 67.1 Å². The van der Waals surface area contributed by atoms with Crippen LogP contribution >= 0.6 is 0 Å². The van der Waals surface area contributed by atoms with E-state index in [1.807, 2.05) is 13.0 Å². The second kappa shape index (κ2) is 6.70. The van der Waals surface area contributed by atoms with Crippen LogP contribution in [0.4, 0.5) is 11.6 Å². The summed E-state index contributed by atoms with van der Waals surface area (Å²) in [4.78, 5) is 11.2. The van der Waals surface area contributed by atoms with Gasteiger partial charge in [0, 0.05) is 31.7 Å². The summed E-state index contributed by atoms with van der Waals surface area (Å²) in [5.41, 5.74) is 5.95.